The molecule has 4 nitrogen and oxygen atoms in total. The molecule has 96 valence electrons. The molecule has 1 N–H and O–H groups in total. The summed E-state index contributed by atoms with van der Waals surface area (Å²) in [6.45, 7) is 0.453. The molecule has 0 amide bonds. The minimum absolute atomic E-state index is 0.453. The minimum atomic E-state index is -0.530. The van der Waals surface area contributed by atoms with Gasteiger partial charge in [-0.15, -0.1) is 0 Å². The van der Waals surface area contributed by atoms with Gasteiger partial charge < -0.3 is 10.1 Å². The minimum Gasteiger partial charge on any atom is -0.495 e. The Labute approximate surface area is 110 Å². The lowest BCUT2D eigenvalue weighted by Crippen LogP contribution is -2.02. The molecule has 0 unspecified atom stereocenters. The van der Waals surface area contributed by atoms with Crippen LogP contribution in [0.2, 0.25) is 0 Å². The molecule has 0 aliphatic rings. The number of nitrogens with one attached hydrogen (secondary N) is 1. The van der Waals surface area contributed by atoms with Crippen molar-refractivity contribution in [2.75, 3.05) is 12.4 Å². The van der Waals surface area contributed by atoms with E-state index >= 15 is 0 Å². The number of rotatable bonds is 4. The van der Waals surface area contributed by atoms with Gasteiger partial charge in [0.05, 0.1) is 12.7 Å². The third-order valence-corrected chi connectivity index (χ3v) is 2.57. The van der Waals surface area contributed by atoms with Crippen LogP contribution in [-0.2, 0) is 6.54 Å². The maximum Gasteiger partial charge on any atom is 0.214 e. The molecule has 0 radical (unpaired) electrons. The van der Waals surface area contributed by atoms with Crippen molar-refractivity contribution < 1.29 is 9.13 Å². The topological polar surface area (TPSA) is 57.9 Å². The standard InChI is InChI=1S/C14H12FN3O/c1-19-12-6-5-10(7-11(12)8-16)9-17-14-4-2-3-13(15)18-14/h2-7H,9H2,1H3,(H,17,18). The third-order valence-electron chi connectivity index (χ3n) is 2.57. The first-order valence-corrected chi connectivity index (χ1v) is 5.66. The maximum atomic E-state index is 12.9. The van der Waals surface area contributed by atoms with E-state index in [4.69, 9.17) is 10.00 Å². The fourth-order valence-corrected chi connectivity index (χ4v) is 1.65. The first kappa shape index (κ1) is 12.8. The lowest BCUT2D eigenvalue weighted by molar-refractivity contribution is 0.413. The van der Waals surface area contributed by atoms with E-state index in [1.54, 1.807) is 24.3 Å². The number of pyridine rings is 1. The molecule has 0 aliphatic carbocycles. The number of benzene rings is 1. The number of hydrogen-bond donors (Lipinski definition) is 1. The molecule has 0 saturated carbocycles. The number of aromatic nitrogens is 1. The van der Waals surface area contributed by atoms with Gasteiger partial charge in [0.25, 0.3) is 0 Å². The van der Waals surface area contributed by atoms with Crippen molar-refractivity contribution in [2.24, 2.45) is 0 Å². The van der Waals surface area contributed by atoms with Crippen molar-refractivity contribution in [1.29, 1.82) is 5.26 Å². The van der Waals surface area contributed by atoms with Gasteiger partial charge in [-0.1, -0.05) is 12.1 Å². The van der Waals surface area contributed by atoms with E-state index < -0.39 is 5.95 Å². The van der Waals surface area contributed by atoms with Crippen LogP contribution in [0.25, 0.3) is 0 Å². The Morgan fingerprint density at radius 2 is 2.21 bits per heavy atom. The van der Waals surface area contributed by atoms with Gasteiger partial charge in [-0.3, -0.25) is 0 Å². The van der Waals surface area contributed by atoms with Gasteiger partial charge in [0.2, 0.25) is 5.95 Å². The quantitative estimate of drug-likeness (QED) is 0.855. The molecular weight excluding hydrogens is 245 g/mol. The molecule has 1 heterocycles. The predicted molar refractivity (Wildman–Crippen MR) is 69.2 cm³/mol. The number of ether oxygens (including phenoxy) is 1. The van der Waals surface area contributed by atoms with E-state index in [-0.39, 0.29) is 0 Å². The van der Waals surface area contributed by atoms with Crippen LogP contribution in [0.4, 0.5) is 10.2 Å². The van der Waals surface area contributed by atoms with Gasteiger partial charge >= 0.3 is 0 Å². The Bertz CT molecular complexity index is 622. The summed E-state index contributed by atoms with van der Waals surface area (Å²) in [6, 6.07) is 11.9. The van der Waals surface area contributed by atoms with Crippen LogP contribution in [0.5, 0.6) is 5.75 Å². The second-order valence-electron chi connectivity index (χ2n) is 3.85. The van der Waals surface area contributed by atoms with E-state index in [1.807, 2.05) is 6.07 Å². The summed E-state index contributed by atoms with van der Waals surface area (Å²) in [5.74, 6) is 0.460. The van der Waals surface area contributed by atoms with E-state index in [0.29, 0.717) is 23.7 Å². The van der Waals surface area contributed by atoms with Gasteiger partial charge in [-0.25, -0.2) is 4.98 Å². The van der Waals surface area contributed by atoms with Gasteiger partial charge in [0.1, 0.15) is 17.6 Å². The number of nitriles is 1. The fraction of sp³-hybridized carbons (Fsp3) is 0.143. The average molecular weight is 257 g/mol. The average Bonchev–Trinajstić information content (AvgIpc) is 2.45. The van der Waals surface area contributed by atoms with Gasteiger partial charge in [-0.05, 0) is 29.8 Å². The lowest BCUT2D eigenvalue weighted by Gasteiger charge is -2.08. The van der Waals surface area contributed by atoms with Crippen LogP contribution < -0.4 is 10.1 Å². The summed E-state index contributed by atoms with van der Waals surface area (Å²) in [6.07, 6.45) is 0. The Morgan fingerprint density at radius 1 is 1.37 bits per heavy atom. The van der Waals surface area contributed by atoms with Crippen molar-refractivity contribution in [3.05, 3.63) is 53.5 Å². The van der Waals surface area contributed by atoms with Crippen molar-refractivity contribution in [3.63, 3.8) is 0 Å². The van der Waals surface area contributed by atoms with Crippen molar-refractivity contribution in [3.8, 4) is 11.8 Å². The summed E-state index contributed by atoms with van der Waals surface area (Å²) in [5, 5.41) is 12.0. The molecule has 5 heteroatoms. The maximum absolute atomic E-state index is 12.9. The molecule has 1 aromatic carbocycles. The molecule has 0 spiro atoms. The zero-order chi connectivity index (χ0) is 13.7. The molecular formula is C14H12FN3O. The van der Waals surface area contributed by atoms with Gasteiger partial charge in [0.15, 0.2) is 0 Å². The van der Waals surface area contributed by atoms with Crippen LogP contribution in [0.1, 0.15) is 11.1 Å². The molecule has 2 aromatic rings. The molecule has 19 heavy (non-hydrogen) atoms. The van der Waals surface area contributed by atoms with E-state index in [1.165, 1.54) is 13.2 Å². The molecule has 1 aromatic heterocycles. The first-order valence-electron chi connectivity index (χ1n) is 5.66. The number of anilines is 1. The predicted octanol–water partition coefficient (Wildman–Crippen LogP) is 2.71. The van der Waals surface area contributed by atoms with Gasteiger partial charge in [0, 0.05) is 6.54 Å². The van der Waals surface area contributed by atoms with Crippen molar-refractivity contribution >= 4 is 5.82 Å². The lowest BCUT2D eigenvalue weighted by atomic mass is 10.1. The molecule has 0 atom stereocenters. The highest BCUT2D eigenvalue weighted by atomic mass is 19.1. The van der Waals surface area contributed by atoms with Crippen molar-refractivity contribution in [1.82, 2.24) is 4.98 Å². The van der Waals surface area contributed by atoms with Crippen LogP contribution >= 0.6 is 0 Å². The Kier molecular flexibility index (Phi) is 3.94. The number of nitrogens with zero attached hydrogens (tertiary/aromatic N) is 2. The van der Waals surface area contributed by atoms with Crippen LogP contribution in [0.3, 0.4) is 0 Å². The number of hydrogen-bond acceptors (Lipinski definition) is 4. The SMILES string of the molecule is COc1ccc(CNc2cccc(F)n2)cc1C#N. The molecule has 0 bridgehead atoms. The first-order chi connectivity index (χ1) is 9.22. The summed E-state index contributed by atoms with van der Waals surface area (Å²) < 4.78 is 18.0. The van der Waals surface area contributed by atoms with Crippen LogP contribution in [0.15, 0.2) is 36.4 Å². The second-order valence-corrected chi connectivity index (χ2v) is 3.85. The molecule has 0 saturated heterocycles. The highest BCUT2D eigenvalue weighted by molar-refractivity contribution is 5.46. The summed E-state index contributed by atoms with van der Waals surface area (Å²) in [5.41, 5.74) is 1.36. The summed E-state index contributed by atoms with van der Waals surface area (Å²) in [4.78, 5) is 3.70. The molecule has 0 aliphatic heterocycles. The van der Waals surface area contributed by atoms with Crippen molar-refractivity contribution in [2.45, 2.75) is 6.54 Å². The third kappa shape index (κ3) is 3.19. The monoisotopic (exact) mass is 257 g/mol. The van der Waals surface area contributed by atoms with Crippen LogP contribution in [0, 0.1) is 17.3 Å². The highest BCUT2D eigenvalue weighted by Crippen LogP contribution is 2.19. The summed E-state index contributed by atoms with van der Waals surface area (Å²) in [7, 11) is 1.52. The zero-order valence-corrected chi connectivity index (χ0v) is 10.4. The fourth-order valence-electron chi connectivity index (χ4n) is 1.65. The summed E-state index contributed by atoms with van der Waals surface area (Å²) >= 11 is 0. The van der Waals surface area contributed by atoms with E-state index in [9.17, 15) is 4.39 Å². The Balaban J connectivity index is 2.10. The molecule has 2 rings (SSSR count). The Morgan fingerprint density at radius 3 is 2.89 bits per heavy atom. The largest absolute Gasteiger partial charge is 0.495 e. The number of halogens is 1. The Hall–Kier alpha value is -2.61. The smallest absolute Gasteiger partial charge is 0.214 e. The zero-order valence-electron chi connectivity index (χ0n) is 10.4. The number of methoxy groups -OCH3 is 1. The van der Waals surface area contributed by atoms with Crippen LogP contribution in [-0.4, -0.2) is 12.1 Å². The van der Waals surface area contributed by atoms with E-state index in [0.717, 1.165) is 5.56 Å². The normalized spacial score (nSPS) is 9.74. The second kappa shape index (κ2) is 5.83. The molecule has 0 fully saturated rings. The van der Waals surface area contributed by atoms with E-state index in [2.05, 4.69) is 16.4 Å². The van der Waals surface area contributed by atoms with Gasteiger partial charge in [-0.2, -0.15) is 9.65 Å². The highest BCUT2D eigenvalue weighted by Gasteiger charge is 2.04.